The molecule has 130 valence electrons. The molecule has 2 aromatic carbocycles. The molecule has 2 rings (SSSR count). The van der Waals surface area contributed by atoms with Gasteiger partial charge in [-0.2, -0.15) is 0 Å². The van der Waals surface area contributed by atoms with Gasteiger partial charge in [-0.15, -0.1) is 0 Å². The van der Waals surface area contributed by atoms with Gasteiger partial charge in [-0.05, 0) is 183 Å². The minimum atomic E-state index is 0.851. The predicted molar refractivity (Wildman–Crippen MR) is 137 cm³/mol. The Hall–Kier alpha value is 3.24. The Morgan fingerprint density at radius 3 is 0.667 bits per heavy atom. The topological polar surface area (TPSA) is 0 Å². The highest BCUT2D eigenvalue weighted by Crippen LogP contribution is 2.47. The number of hydrogen-bond acceptors (Lipinski definition) is 0. The van der Waals surface area contributed by atoms with E-state index in [1.807, 2.05) is 0 Å². The maximum absolute atomic E-state index is 3.69. The SMILES string of the molecule is Br[13c]1[13c](Br)[13c](Br)[13c](CC[13c]2[13c](Br)[13c](Br)[13c](Br)[13c](Br)[13c]2Br)[13c](Br)[13c]1Br. The van der Waals surface area contributed by atoms with Crippen LogP contribution in [-0.4, -0.2) is 0 Å². The molecule has 0 saturated carbocycles. The predicted octanol–water partition coefficient (Wildman–Crippen LogP) is 11.1. The van der Waals surface area contributed by atoms with Crippen LogP contribution in [0.4, 0.5) is 0 Å². The highest BCUT2D eigenvalue weighted by Gasteiger charge is 2.21. The summed E-state index contributed by atoms with van der Waals surface area (Å²) in [6, 6.07) is 0. The van der Waals surface area contributed by atoms with Crippen LogP contribution in [0.15, 0.2) is 44.7 Å². The summed E-state index contributed by atoms with van der Waals surface area (Å²) >= 11 is 36.4. The Balaban J connectivity index is 2.48. The zero-order chi connectivity index (χ0) is 18.3. The van der Waals surface area contributed by atoms with Crippen LogP contribution in [0.3, 0.4) is 0 Å². The van der Waals surface area contributed by atoms with Gasteiger partial charge < -0.3 is 0 Å². The first-order valence-corrected chi connectivity index (χ1v) is 14.0. The van der Waals surface area contributed by atoms with Crippen LogP contribution in [0, 0.1) is 0 Å². The van der Waals surface area contributed by atoms with E-state index in [0.29, 0.717) is 0 Å². The first-order chi connectivity index (χ1) is 11.1. The molecule has 0 atom stereocenters. The molecule has 0 fully saturated rings. The van der Waals surface area contributed by atoms with E-state index in [0.717, 1.165) is 57.6 Å². The Morgan fingerprint density at radius 1 is 0.292 bits per heavy atom. The third-order valence-corrected chi connectivity index (χ3v) is 15.7. The van der Waals surface area contributed by atoms with Gasteiger partial charge in [0.1, 0.15) is 0 Å². The summed E-state index contributed by atoms with van der Waals surface area (Å²) in [5, 5.41) is 0. The van der Waals surface area contributed by atoms with Crippen molar-refractivity contribution in [3.05, 3.63) is 55.9 Å². The third kappa shape index (κ3) is 4.69. The molecule has 0 nitrogen and oxygen atoms in total. The molecule has 0 unspecified atom stereocenters. The summed E-state index contributed by atoms with van der Waals surface area (Å²) in [7, 11) is 0. The van der Waals surface area contributed by atoms with E-state index < -0.39 is 0 Å². The van der Waals surface area contributed by atoms with Crippen LogP contribution in [0.2, 0.25) is 0 Å². The first kappa shape index (κ1) is 23.5. The average molecular weight is 983 g/mol. The molecule has 0 saturated heterocycles. The lowest BCUT2D eigenvalue weighted by Gasteiger charge is -2.16. The summed E-state index contributed by atoms with van der Waals surface area (Å²) in [5.41, 5.74) is 2.37. The Morgan fingerprint density at radius 2 is 0.458 bits per heavy atom. The first-order valence-electron chi connectivity index (χ1n) is 6.10. The fourth-order valence-corrected chi connectivity index (χ4v) is 9.04. The van der Waals surface area contributed by atoms with E-state index in [2.05, 4.69) is 159 Å². The van der Waals surface area contributed by atoms with Gasteiger partial charge >= 0.3 is 0 Å². The quantitative estimate of drug-likeness (QED) is 0.212. The second kappa shape index (κ2) is 9.83. The zero-order valence-corrected chi connectivity index (χ0v) is 27.1. The zero-order valence-electron chi connectivity index (χ0n) is 11.2. The van der Waals surface area contributed by atoms with Gasteiger partial charge in [0.15, 0.2) is 0 Å². The minimum Gasteiger partial charge on any atom is -0.0492 e. The summed E-state index contributed by atoms with van der Waals surface area (Å²) in [6.45, 7) is 0. The molecule has 0 heterocycles. The summed E-state index contributed by atoms with van der Waals surface area (Å²) in [6.07, 6.45) is 1.70. The number of benzene rings is 2. The Labute approximate surface area is 224 Å². The number of rotatable bonds is 3. The molecule has 0 aliphatic rings. The van der Waals surface area contributed by atoms with E-state index in [4.69, 9.17) is 0 Å². The molecule has 0 amide bonds. The molecule has 24 heavy (non-hydrogen) atoms. The van der Waals surface area contributed by atoms with E-state index in [1.165, 1.54) is 11.1 Å². The molecule has 0 N–H and O–H groups in total. The van der Waals surface area contributed by atoms with E-state index in [1.54, 1.807) is 0 Å². The fraction of sp³-hybridized carbons (Fsp3) is 0.143. The van der Waals surface area contributed by atoms with Crippen LogP contribution >= 0.6 is 159 Å². The molecule has 0 radical (unpaired) electrons. The number of halogens is 10. The summed E-state index contributed by atoms with van der Waals surface area (Å²) in [5.74, 6) is 0. The lowest BCUT2D eigenvalue weighted by molar-refractivity contribution is 0.930. The highest BCUT2D eigenvalue weighted by atomic mass is 79.9. The maximum atomic E-state index is 3.69. The molecule has 0 aromatic heterocycles. The van der Waals surface area contributed by atoms with E-state index in [9.17, 15) is 0 Å². The van der Waals surface area contributed by atoms with Gasteiger partial charge in [-0.25, -0.2) is 0 Å². The van der Waals surface area contributed by atoms with Crippen molar-refractivity contribution in [2.75, 3.05) is 0 Å². The number of hydrogen-bond donors (Lipinski definition) is 0. The van der Waals surface area contributed by atoms with Crippen molar-refractivity contribution in [2.24, 2.45) is 0 Å². The van der Waals surface area contributed by atoms with Gasteiger partial charge in [-0.1, -0.05) is 0 Å². The summed E-state index contributed by atoms with van der Waals surface area (Å²) in [4.78, 5) is 0. The molecule has 0 bridgehead atoms. The van der Waals surface area contributed by atoms with Gasteiger partial charge in [0.2, 0.25) is 0 Å². The average Bonchev–Trinajstić information content (AvgIpc) is 2.57. The van der Waals surface area contributed by atoms with Crippen LogP contribution in [0.25, 0.3) is 0 Å². The van der Waals surface area contributed by atoms with Crippen molar-refractivity contribution in [2.45, 2.75) is 12.8 Å². The van der Waals surface area contributed by atoms with Crippen LogP contribution in [-0.2, 0) is 12.8 Å². The molecule has 0 aliphatic heterocycles. The van der Waals surface area contributed by atoms with Crippen LogP contribution in [0.1, 0.15) is 11.1 Å². The minimum absolute atomic E-state index is 0.851. The molecule has 10 heteroatoms. The molecule has 0 aliphatic carbocycles. The van der Waals surface area contributed by atoms with Gasteiger partial charge in [0, 0.05) is 44.7 Å². The van der Waals surface area contributed by atoms with Crippen molar-refractivity contribution in [1.82, 2.24) is 0 Å². The molecular weight excluding hydrogens is 979 g/mol. The van der Waals surface area contributed by atoms with Crippen LogP contribution < -0.4 is 0 Å². The van der Waals surface area contributed by atoms with E-state index >= 15 is 0 Å². The standard InChI is InChI=1S/C14H4Br10/c15-5-3(6(16)10(20)13(23)9(5)19)1-2-4-7(17)11(21)14(24)12(22)8(4)18/h1-2H2/i3+1,4+1,5+1,6+1,7+1,8+1,9+1,10+1,11+1,12+1,13+1,14+1. The molecule has 2 aromatic rings. The summed E-state index contributed by atoms with van der Waals surface area (Å²) < 4.78 is 10.0. The van der Waals surface area contributed by atoms with Crippen LogP contribution in [0.5, 0.6) is 0 Å². The van der Waals surface area contributed by atoms with Crippen molar-refractivity contribution in [3.8, 4) is 0 Å². The largest absolute Gasteiger partial charge is 0.0492 e. The normalized spacial score (nSPS) is 11.2. The monoisotopic (exact) mass is 973 g/mol. The molecule has 0 spiro atoms. The van der Waals surface area contributed by atoms with Crippen molar-refractivity contribution < 1.29 is 0 Å². The second-order valence-electron chi connectivity index (χ2n) is 4.60. The van der Waals surface area contributed by atoms with Gasteiger partial charge in [0.25, 0.3) is 0 Å². The van der Waals surface area contributed by atoms with Gasteiger partial charge in [0.05, 0.1) is 0 Å². The lowest BCUT2D eigenvalue weighted by atomic mass is 10.5. The van der Waals surface area contributed by atoms with Gasteiger partial charge in [-0.3, -0.25) is 0 Å². The highest BCUT2D eigenvalue weighted by molar-refractivity contribution is 9.16. The maximum Gasteiger partial charge on any atom is 0.0482 e. The van der Waals surface area contributed by atoms with Crippen molar-refractivity contribution >= 4 is 159 Å². The fourth-order valence-electron chi connectivity index (χ4n) is 1.99. The smallest absolute Gasteiger partial charge is 0.0482 e. The Kier molecular flexibility index (Phi) is 9.63. The Bertz CT molecular complexity index is 700. The molecular formula is C14H4Br10. The lowest BCUT2D eigenvalue weighted by Crippen LogP contribution is -1.99. The van der Waals surface area contributed by atoms with Crippen molar-refractivity contribution in [1.29, 1.82) is 0 Å². The van der Waals surface area contributed by atoms with E-state index in [-0.39, 0.29) is 0 Å². The third-order valence-electron chi connectivity index (χ3n) is 3.23. The van der Waals surface area contributed by atoms with Crippen molar-refractivity contribution in [3.63, 3.8) is 0 Å². The second-order valence-corrected chi connectivity index (χ2v) is 12.5.